The van der Waals surface area contributed by atoms with E-state index in [1.807, 2.05) is 6.20 Å². The Bertz CT molecular complexity index is 292. The molecule has 1 N–H and O–H groups in total. The highest BCUT2D eigenvalue weighted by molar-refractivity contribution is 7.11. The molecule has 0 bridgehead atoms. The first-order chi connectivity index (χ1) is 6.75. The summed E-state index contributed by atoms with van der Waals surface area (Å²) >= 11 is 1.66. The van der Waals surface area contributed by atoms with Gasteiger partial charge in [0.15, 0.2) is 0 Å². The molecular formula is C10H15NO2S. The van der Waals surface area contributed by atoms with E-state index in [4.69, 9.17) is 4.74 Å². The highest BCUT2D eigenvalue weighted by atomic mass is 32.1. The second kappa shape index (κ2) is 4.38. The van der Waals surface area contributed by atoms with Gasteiger partial charge in [0.05, 0.1) is 6.10 Å². The predicted molar refractivity (Wildman–Crippen MR) is 55.4 cm³/mol. The highest BCUT2D eigenvalue weighted by Gasteiger charge is 2.20. The van der Waals surface area contributed by atoms with Gasteiger partial charge in [0.25, 0.3) is 0 Å². The molecule has 0 radical (unpaired) electrons. The number of aromatic nitrogens is 1. The van der Waals surface area contributed by atoms with Gasteiger partial charge in [-0.1, -0.05) is 0 Å². The molecule has 1 aromatic heterocycles. The van der Waals surface area contributed by atoms with Crippen molar-refractivity contribution in [3.05, 3.63) is 16.1 Å². The molecule has 78 valence electrons. The molecule has 1 fully saturated rings. The second-order valence-corrected chi connectivity index (χ2v) is 4.87. The van der Waals surface area contributed by atoms with Gasteiger partial charge in [-0.15, -0.1) is 11.3 Å². The number of aliphatic hydroxyl groups excluding tert-OH is 1. The average molecular weight is 213 g/mol. The van der Waals surface area contributed by atoms with Crippen molar-refractivity contribution in [1.82, 2.24) is 4.98 Å². The molecule has 1 aliphatic rings. The number of rotatable bonds is 3. The number of thiazole rings is 1. The van der Waals surface area contributed by atoms with Crippen LogP contribution in [0, 0.1) is 0 Å². The number of hydrogen-bond donors (Lipinski definition) is 1. The van der Waals surface area contributed by atoms with Crippen molar-refractivity contribution in [3.8, 4) is 0 Å². The van der Waals surface area contributed by atoms with Gasteiger partial charge in [-0.25, -0.2) is 4.98 Å². The van der Waals surface area contributed by atoms with E-state index >= 15 is 0 Å². The Hall–Kier alpha value is -0.450. The van der Waals surface area contributed by atoms with Crippen molar-refractivity contribution in [2.24, 2.45) is 0 Å². The Morgan fingerprint density at radius 1 is 1.79 bits per heavy atom. The van der Waals surface area contributed by atoms with Crippen LogP contribution in [0.25, 0.3) is 0 Å². The van der Waals surface area contributed by atoms with E-state index in [9.17, 15) is 5.11 Å². The maximum atomic E-state index is 9.23. The Kier molecular flexibility index (Phi) is 3.15. The predicted octanol–water partition coefficient (Wildman–Crippen LogP) is 1.92. The van der Waals surface area contributed by atoms with Gasteiger partial charge in [-0.3, -0.25) is 0 Å². The fraction of sp³-hybridized carbons (Fsp3) is 0.700. The standard InChI is InChI=1S/C10H15NO2S/c1-7(12)5-8-6-11-10(14-8)9-3-2-4-13-9/h6-7,9,12H,2-5H2,1H3. The second-order valence-electron chi connectivity index (χ2n) is 3.72. The van der Waals surface area contributed by atoms with Crippen molar-refractivity contribution in [2.75, 3.05) is 6.61 Å². The summed E-state index contributed by atoms with van der Waals surface area (Å²) in [6.07, 6.45) is 4.70. The van der Waals surface area contributed by atoms with Crippen LogP contribution in [0.3, 0.4) is 0 Å². The quantitative estimate of drug-likeness (QED) is 0.834. The largest absolute Gasteiger partial charge is 0.393 e. The van der Waals surface area contributed by atoms with Crippen molar-refractivity contribution in [2.45, 2.75) is 38.4 Å². The van der Waals surface area contributed by atoms with E-state index in [-0.39, 0.29) is 12.2 Å². The fourth-order valence-electron chi connectivity index (χ4n) is 1.63. The summed E-state index contributed by atoms with van der Waals surface area (Å²) in [5.74, 6) is 0. The maximum absolute atomic E-state index is 9.23. The maximum Gasteiger partial charge on any atom is 0.122 e. The number of ether oxygens (including phenoxy) is 1. The third-order valence-electron chi connectivity index (χ3n) is 2.27. The lowest BCUT2D eigenvalue weighted by atomic mass is 10.2. The van der Waals surface area contributed by atoms with Crippen LogP contribution in [0.4, 0.5) is 0 Å². The van der Waals surface area contributed by atoms with Crippen LogP contribution in [-0.4, -0.2) is 22.8 Å². The summed E-state index contributed by atoms with van der Waals surface area (Å²) < 4.78 is 5.54. The molecule has 0 aromatic carbocycles. The Labute approximate surface area is 87.7 Å². The third-order valence-corrected chi connectivity index (χ3v) is 3.38. The summed E-state index contributed by atoms with van der Waals surface area (Å²) in [7, 11) is 0. The lowest BCUT2D eigenvalue weighted by Crippen LogP contribution is -2.01. The SMILES string of the molecule is CC(O)Cc1cnc(C2CCCO2)s1. The van der Waals surface area contributed by atoms with E-state index in [0.717, 1.165) is 29.3 Å². The average Bonchev–Trinajstić information content (AvgIpc) is 2.69. The zero-order valence-corrected chi connectivity index (χ0v) is 9.09. The molecule has 0 aliphatic carbocycles. The minimum Gasteiger partial charge on any atom is -0.393 e. The number of aliphatic hydroxyl groups is 1. The van der Waals surface area contributed by atoms with Crippen LogP contribution < -0.4 is 0 Å². The summed E-state index contributed by atoms with van der Waals surface area (Å²) in [4.78, 5) is 5.48. The smallest absolute Gasteiger partial charge is 0.122 e. The zero-order chi connectivity index (χ0) is 9.97. The van der Waals surface area contributed by atoms with Gasteiger partial charge in [0.1, 0.15) is 11.1 Å². The monoisotopic (exact) mass is 213 g/mol. The van der Waals surface area contributed by atoms with E-state index in [1.54, 1.807) is 18.3 Å². The summed E-state index contributed by atoms with van der Waals surface area (Å²) in [5, 5.41) is 10.3. The molecule has 3 nitrogen and oxygen atoms in total. The first-order valence-corrected chi connectivity index (χ1v) is 5.81. The van der Waals surface area contributed by atoms with E-state index < -0.39 is 0 Å². The molecule has 2 rings (SSSR count). The first kappa shape index (κ1) is 10.1. The lowest BCUT2D eigenvalue weighted by Gasteiger charge is -2.03. The summed E-state index contributed by atoms with van der Waals surface area (Å²) in [5.41, 5.74) is 0. The highest BCUT2D eigenvalue weighted by Crippen LogP contribution is 2.31. The fourth-order valence-corrected chi connectivity index (χ4v) is 2.75. The minimum atomic E-state index is -0.284. The van der Waals surface area contributed by atoms with Crippen LogP contribution in [0.15, 0.2) is 6.20 Å². The molecule has 1 aliphatic heterocycles. The Morgan fingerprint density at radius 3 is 3.29 bits per heavy atom. The van der Waals surface area contributed by atoms with Gasteiger partial charge in [-0.05, 0) is 19.8 Å². The zero-order valence-electron chi connectivity index (χ0n) is 8.27. The van der Waals surface area contributed by atoms with Gasteiger partial charge in [0.2, 0.25) is 0 Å². The molecule has 0 spiro atoms. The van der Waals surface area contributed by atoms with Crippen molar-refractivity contribution >= 4 is 11.3 Å². The number of nitrogens with zero attached hydrogens (tertiary/aromatic N) is 1. The van der Waals surface area contributed by atoms with E-state index in [0.29, 0.717) is 6.42 Å². The van der Waals surface area contributed by atoms with E-state index in [1.165, 1.54) is 0 Å². The molecule has 14 heavy (non-hydrogen) atoms. The van der Waals surface area contributed by atoms with Crippen LogP contribution in [0.5, 0.6) is 0 Å². The van der Waals surface area contributed by atoms with Crippen molar-refractivity contribution < 1.29 is 9.84 Å². The van der Waals surface area contributed by atoms with Gasteiger partial charge in [0, 0.05) is 24.1 Å². The lowest BCUT2D eigenvalue weighted by molar-refractivity contribution is 0.111. The normalized spacial score (nSPS) is 24.0. The molecule has 2 heterocycles. The van der Waals surface area contributed by atoms with Crippen molar-refractivity contribution in [3.63, 3.8) is 0 Å². The van der Waals surface area contributed by atoms with Gasteiger partial charge >= 0.3 is 0 Å². The third kappa shape index (κ3) is 2.32. The van der Waals surface area contributed by atoms with Crippen LogP contribution >= 0.6 is 11.3 Å². The van der Waals surface area contributed by atoms with Crippen molar-refractivity contribution in [1.29, 1.82) is 0 Å². The first-order valence-electron chi connectivity index (χ1n) is 5.00. The molecule has 0 amide bonds. The Balaban J connectivity index is 2.01. The molecular weight excluding hydrogens is 198 g/mol. The van der Waals surface area contributed by atoms with Gasteiger partial charge in [-0.2, -0.15) is 0 Å². The summed E-state index contributed by atoms with van der Waals surface area (Å²) in [6, 6.07) is 0. The number of hydrogen-bond acceptors (Lipinski definition) is 4. The Morgan fingerprint density at radius 2 is 2.64 bits per heavy atom. The van der Waals surface area contributed by atoms with Gasteiger partial charge < -0.3 is 9.84 Å². The topological polar surface area (TPSA) is 42.4 Å². The van der Waals surface area contributed by atoms with E-state index in [2.05, 4.69) is 4.98 Å². The molecule has 0 saturated carbocycles. The summed E-state index contributed by atoms with van der Waals surface area (Å²) in [6.45, 7) is 2.65. The molecule has 4 heteroatoms. The molecule has 1 saturated heterocycles. The molecule has 1 aromatic rings. The molecule has 2 atom stereocenters. The van der Waals surface area contributed by atoms with Crippen LogP contribution in [0.2, 0.25) is 0 Å². The van der Waals surface area contributed by atoms with Crippen LogP contribution in [-0.2, 0) is 11.2 Å². The van der Waals surface area contributed by atoms with Crippen LogP contribution in [0.1, 0.15) is 35.8 Å². The minimum absolute atomic E-state index is 0.211. The molecule has 2 unspecified atom stereocenters.